The van der Waals surface area contributed by atoms with Gasteiger partial charge in [-0.2, -0.15) is 0 Å². The second kappa shape index (κ2) is 6.34. The molecular weight excluding hydrogens is 312 g/mol. The van der Waals surface area contributed by atoms with E-state index in [0.717, 1.165) is 25.7 Å². The molecule has 7 heteroatoms. The van der Waals surface area contributed by atoms with Crippen LogP contribution in [-0.2, 0) is 14.8 Å². The number of halogens is 1. The van der Waals surface area contributed by atoms with Gasteiger partial charge < -0.3 is 5.32 Å². The van der Waals surface area contributed by atoms with E-state index in [1.54, 1.807) is 0 Å². The van der Waals surface area contributed by atoms with Crippen LogP contribution in [0.3, 0.4) is 0 Å². The maximum Gasteiger partial charge on any atom is 0.238 e. The lowest BCUT2D eigenvalue weighted by molar-refractivity contribution is -0.121. The van der Waals surface area contributed by atoms with E-state index in [4.69, 9.17) is 16.7 Å². The first-order valence-electron chi connectivity index (χ1n) is 6.90. The number of anilines is 1. The Morgan fingerprint density at radius 1 is 1.29 bits per heavy atom. The molecule has 1 saturated carbocycles. The topological polar surface area (TPSA) is 89.3 Å². The van der Waals surface area contributed by atoms with Crippen molar-refractivity contribution in [2.24, 2.45) is 17.0 Å². The Labute approximate surface area is 129 Å². The lowest BCUT2D eigenvalue weighted by Crippen LogP contribution is -2.26. The smallest absolute Gasteiger partial charge is 0.238 e. The van der Waals surface area contributed by atoms with Crippen LogP contribution in [-0.4, -0.2) is 14.3 Å². The maximum atomic E-state index is 12.2. The van der Waals surface area contributed by atoms with Crippen LogP contribution in [0, 0.1) is 11.8 Å². The van der Waals surface area contributed by atoms with Gasteiger partial charge in [0.1, 0.15) is 0 Å². The predicted octanol–water partition coefficient (Wildman–Crippen LogP) is 2.75. The van der Waals surface area contributed by atoms with Gasteiger partial charge in [-0.05, 0) is 49.8 Å². The number of primary sulfonamides is 1. The van der Waals surface area contributed by atoms with E-state index < -0.39 is 10.0 Å². The normalized spacial score (nSPS) is 22.8. The van der Waals surface area contributed by atoms with E-state index in [9.17, 15) is 13.2 Å². The average Bonchev–Trinajstić information content (AvgIpc) is 2.40. The summed E-state index contributed by atoms with van der Waals surface area (Å²) in [7, 11) is -3.79. The van der Waals surface area contributed by atoms with Gasteiger partial charge in [-0.25, -0.2) is 13.6 Å². The van der Waals surface area contributed by atoms with Gasteiger partial charge in [0.15, 0.2) is 0 Å². The zero-order valence-corrected chi connectivity index (χ0v) is 13.4. The van der Waals surface area contributed by atoms with Crippen molar-refractivity contribution in [3.05, 3.63) is 23.2 Å². The van der Waals surface area contributed by atoms with Crippen LogP contribution in [0.1, 0.15) is 32.6 Å². The monoisotopic (exact) mass is 330 g/mol. The third-order valence-corrected chi connectivity index (χ3v) is 5.14. The molecule has 5 nitrogen and oxygen atoms in total. The Bertz CT molecular complexity index is 638. The molecule has 0 heterocycles. The second-order valence-corrected chi connectivity index (χ2v) is 7.60. The summed E-state index contributed by atoms with van der Waals surface area (Å²) in [5.41, 5.74) is 0.410. The molecule has 1 aliphatic rings. The van der Waals surface area contributed by atoms with E-state index in [2.05, 4.69) is 12.2 Å². The molecule has 2 rings (SSSR count). The molecule has 0 aromatic heterocycles. The van der Waals surface area contributed by atoms with Crippen molar-refractivity contribution in [1.82, 2.24) is 0 Å². The van der Waals surface area contributed by atoms with Crippen molar-refractivity contribution >= 4 is 33.2 Å². The fraction of sp³-hybridized carbons (Fsp3) is 0.500. The number of carbonyl (C=O) groups is 1. The van der Waals surface area contributed by atoms with Gasteiger partial charge in [-0.15, -0.1) is 0 Å². The lowest BCUT2D eigenvalue weighted by Gasteiger charge is -2.25. The van der Waals surface area contributed by atoms with Gasteiger partial charge in [0, 0.05) is 5.92 Å². The fourth-order valence-electron chi connectivity index (χ4n) is 2.53. The van der Waals surface area contributed by atoms with Crippen molar-refractivity contribution in [3.63, 3.8) is 0 Å². The molecule has 1 aliphatic carbocycles. The Hall–Kier alpha value is -1.11. The third-order valence-electron chi connectivity index (χ3n) is 3.91. The van der Waals surface area contributed by atoms with Crippen molar-refractivity contribution in [3.8, 4) is 0 Å². The van der Waals surface area contributed by atoms with Crippen LogP contribution in [0.15, 0.2) is 23.1 Å². The highest BCUT2D eigenvalue weighted by atomic mass is 35.5. The van der Waals surface area contributed by atoms with Crippen LogP contribution in [0.4, 0.5) is 5.69 Å². The largest absolute Gasteiger partial charge is 0.325 e. The van der Waals surface area contributed by atoms with E-state index in [1.807, 2.05) is 0 Å². The van der Waals surface area contributed by atoms with E-state index in [1.165, 1.54) is 18.2 Å². The van der Waals surface area contributed by atoms with Crippen LogP contribution < -0.4 is 10.5 Å². The van der Waals surface area contributed by atoms with Gasteiger partial charge in [0.25, 0.3) is 0 Å². The minimum absolute atomic E-state index is 0.00446. The summed E-state index contributed by atoms with van der Waals surface area (Å²) in [5.74, 6) is 0.606. The van der Waals surface area contributed by atoms with Crippen molar-refractivity contribution in [2.45, 2.75) is 37.5 Å². The molecule has 116 valence electrons. The first kappa shape index (κ1) is 16.3. The Morgan fingerprint density at radius 3 is 2.43 bits per heavy atom. The molecule has 0 unspecified atom stereocenters. The first-order chi connectivity index (χ1) is 9.77. The molecule has 1 amide bonds. The summed E-state index contributed by atoms with van der Waals surface area (Å²) in [6.45, 7) is 2.19. The third kappa shape index (κ3) is 4.18. The van der Waals surface area contributed by atoms with E-state index >= 15 is 0 Å². The molecule has 3 N–H and O–H groups in total. The number of benzene rings is 1. The second-order valence-electron chi connectivity index (χ2n) is 5.63. The number of nitrogens with one attached hydrogen (secondary N) is 1. The van der Waals surface area contributed by atoms with Crippen LogP contribution in [0.25, 0.3) is 0 Å². The van der Waals surface area contributed by atoms with Gasteiger partial charge >= 0.3 is 0 Å². The van der Waals surface area contributed by atoms with Gasteiger partial charge in [0.2, 0.25) is 15.9 Å². The molecule has 0 saturated heterocycles. The number of rotatable bonds is 3. The number of hydrogen-bond donors (Lipinski definition) is 2. The molecule has 1 fully saturated rings. The van der Waals surface area contributed by atoms with Gasteiger partial charge in [0.05, 0.1) is 15.6 Å². The fourth-order valence-corrected chi connectivity index (χ4v) is 3.36. The Morgan fingerprint density at radius 2 is 1.90 bits per heavy atom. The number of sulfonamides is 1. The number of hydrogen-bond acceptors (Lipinski definition) is 3. The molecule has 1 aromatic carbocycles. The zero-order chi connectivity index (χ0) is 15.6. The summed E-state index contributed by atoms with van der Waals surface area (Å²) >= 11 is 6.01. The standard InChI is InChI=1S/C14H19ClN2O3S/c1-9-2-4-10(5-3-9)14(18)17-13-7-6-11(8-12(13)15)21(16,19)20/h6-10H,2-5H2,1H3,(H,17,18)(H2,16,19,20). The molecule has 0 bridgehead atoms. The zero-order valence-electron chi connectivity index (χ0n) is 11.8. The predicted molar refractivity (Wildman–Crippen MR) is 82.6 cm³/mol. The molecule has 0 radical (unpaired) electrons. The van der Waals surface area contributed by atoms with Crippen LogP contribution >= 0.6 is 11.6 Å². The summed E-state index contributed by atoms with van der Waals surface area (Å²) in [4.78, 5) is 12.1. The quantitative estimate of drug-likeness (QED) is 0.893. The highest BCUT2D eigenvalue weighted by Gasteiger charge is 2.24. The minimum Gasteiger partial charge on any atom is -0.325 e. The molecular formula is C14H19ClN2O3S. The van der Waals surface area contributed by atoms with E-state index in [-0.39, 0.29) is 21.7 Å². The highest BCUT2D eigenvalue weighted by Crippen LogP contribution is 2.30. The molecule has 0 atom stereocenters. The number of carbonyl (C=O) groups excluding carboxylic acids is 1. The maximum absolute atomic E-state index is 12.2. The molecule has 21 heavy (non-hydrogen) atoms. The Kier molecular flexibility index (Phi) is 4.91. The summed E-state index contributed by atoms with van der Waals surface area (Å²) in [6, 6.07) is 4.04. The summed E-state index contributed by atoms with van der Waals surface area (Å²) in [6.07, 6.45) is 3.85. The van der Waals surface area contributed by atoms with E-state index in [0.29, 0.717) is 11.6 Å². The average molecular weight is 331 g/mol. The van der Waals surface area contributed by atoms with Crippen LogP contribution in [0.2, 0.25) is 5.02 Å². The summed E-state index contributed by atoms with van der Waals surface area (Å²) in [5, 5.41) is 7.97. The Balaban J connectivity index is 2.08. The highest BCUT2D eigenvalue weighted by molar-refractivity contribution is 7.89. The molecule has 0 aliphatic heterocycles. The van der Waals surface area contributed by atoms with Gasteiger partial charge in [-0.3, -0.25) is 4.79 Å². The summed E-state index contributed by atoms with van der Waals surface area (Å²) < 4.78 is 22.5. The first-order valence-corrected chi connectivity index (χ1v) is 8.83. The van der Waals surface area contributed by atoms with Crippen molar-refractivity contribution in [1.29, 1.82) is 0 Å². The number of amides is 1. The minimum atomic E-state index is -3.79. The van der Waals surface area contributed by atoms with Crippen molar-refractivity contribution < 1.29 is 13.2 Å². The number of nitrogens with two attached hydrogens (primary N) is 1. The lowest BCUT2D eigenvalue weighted by atomic mass is 9.82. The molecule has 1 aromatic rings. The van der Waals surface area contributed by atoms with Crippen molar-refractivity contribution in [2.75, 3.05) is 5.32 Å². The SMILES string of the molecule is CC1CCC(C(=O)Nc2ccc(S(N)(=O)=O)cc2Cl)CC1. The van der Waals surface area contributed by atoms with Crippen LogP contribution in [0.5, 0.6) is 0 Å². The van der Waals surface area contributed by atoms with Gasteiger partial charge in [-0.1, -0.05) is 18.5 Å². The molecule has 0 spiro atoms.